The number of aromatic nitrogens is 1. The number of rotatable bonds is 5. The first-order chi connectivity index (χ1) is 8.69. The van der Waals surface area contributed by atoms with Gasteiger partial charge < -0.3 is 9.15 Å². The van der Waals surface area contributed by atoms with Crippen LogP contribution in [0.2, 0.25) is 0 Å². The van der Waals surface area contributed by atoms with E-state index >= 15 is 0 Å². The molecule has 2 aromatic rings. The summed E-state index contributed by atoms with van der Waals surface area (Å²) in [4.78, 5) is 15.5. The van der Waals surface area contributed by atoms with Crippen molar-refractivity contribution in [1.29, 1.82) is 0 Å². The molecule has 0 aromatic carbocycles. The lowest BCUT2D eigenvalue weighted by molar-refractivity contribution is -0.140. The molecule has 96 valence electrons. The molecule has 0 aliphatic heterocycles. The maximum Gasteiger partial charge on any atom is 0.305 e. The Kier molecular flexibility index (Phi) is 4.15. The fraction of sp³-hybridized carbons (Fsp3) is 0.385. The molecule has 0 amide bonds. The maximum absolute atomic E-state index is 11.0. The second-order valence-electron chi connectivity index (χ2n) is 3.97. The summed E-state index contributed by atoms with van der Waals surface area (Å²) < 4.78 is 10.1. The van der Waals surface area contributed by atoms with Crippen LogP contribution in [0.15, 0.2) is 21.9 Å². The van der Waals surface area contributed by atoms with Crippen molar-refractivity contribution in [2.45, 2.75) is 26.2 Å². The van der Waals surface area contributed by atoms with Crippen LogP contribution in [0.3, 0.4) is 0 Å². The van der Waals surface area contributed by atoms with Crippen molar-refractivity contribution < 1.29 is 13.9 Å². The van der Waals surface area contributed by atoms with E-state index in [-0.39, 0.29) is 5.97 Å². The summed E-state index contributed by atoms with van der Waals surface area (Å²) in [7, 11) is 1.41. The molecule has 0 aliphatic rings. The second-order valence-corrected chi connectivity index (χ2v) is 4.91. The fourth-order valence-corrected chi connectivity index (χ4v) is 2.43. The van der Waals surface area contributed by atoms with E-state index in [9.17, 15) is 4.79 Å². The van der Waals surface area contributed by atoms with Gasteiger partial charge >= 0.3 is 5.97 Å². The van der Waals surface area contributed by atoms with Crippen molar-refractivity contribution in [3.8, 4) is 11.5 Å². The molecule has 0 atom stereocenters. The average molecular weight is 265 g/mol. The first-order valence-corrected chi connectivity index (χ1v) is 6.65. The Labute approximate surface area is 110 Å². The molecule has 2 aromatic heterocycles. The molecule has 0 bridgehead atoms. The highest BCUT2D eigenvalue weighted by atomic mass is 32.1. The van der Waals surface area contributed by atoms with Crippen LogP contribution < -0.4 is 0 Å². The first-order valence-electron chi connectivity index (χ1n) is 5.77. The van der Waals surface area contributed by atoms with E-state index < -0.39 is 0 Å². The Morgan fingerprint density at radius 1 is 1.50 bits per heavy atom. The van der Waals surface area contributed by atoms with Crippen LogP contribution in [0, 0.1) is 6.92 Å². The topological polar surface area (TPSA) is 52.3 Å². The zero-order valence-corrected chi connectivity index (χ0v) is 11.3. The van der Waals surface area contributed by atoms with Gasteiger partial charge in [0.25, 0.3) is 0 Å². The van der Waals surface area contributed by atoms with Gasteiger partial charge in [0.05, 0.1) is 12.1 Å². The highest BCUT2D eigenvalue weighted by molar-refractivity contribution is 7.09. The molecule has 2 rings (SSSR count). The summed E-state index contributed by atoms with van der Waals surface area (Å²) in [5.41, 5.74) is 0.862. The predicted octanol–water partition coefficient (Wildman–Crippen LogP) is 3.21. The van der Waals surface area contributed by atoms with E-state index in [1.807, 2.05) is 24.4 Å². The normalized spacial score (nSPS) is 10.6. The SMILES string of the molecule is COC(=O)CCCc1nc(-c2ccc(C)o2)cs1. The van der Waals surface area contributed by atoms with Crippen molar-refractivity contribution in [3.63, 3.8) is 0 Å². The predicted molar refractivity (Wildman–Crippen MR) is 69.5 cm³/mol. The molecule has 0 radical (unpaired) electrons. The standard InChI is InChI=1S/C13H15NO3S/c1-9-6-7-11(17-9)10-8-18-12(14-10)4-3-5-13(15)16-2/h6-8H,3-5H2,1-2H3. The maximum atomic E-state index is 11.0. The zero-order valence-electron chi connectivity index (χ0n) is 10.4. The number of ether oxygens (including phenoxy) is 1. The molecule has 2 heterocycles. The third-order valence-corrected chi connectivity index (χ3v) is 3.45. The number of hydrogen-bond donors (Lipinski definition) is 0. The number of carbonyl (C=O) groups is 1. The van der Waals surface area contributed by atoms with Crippen molar-refractivity contribution in [2.24, 2.45) is 0 Å². The molecular weight excluding hydrogens is 250 g/mol. The number of nitrogens with zero attached hydrogens (tertiary/aromatic N) is 1. The third kappa shape index (κ3) is 3.20. The van der Waals surface area contributed by atoms with Crippen LogP contribution in [0.1, 0.15) is 23.6 Å². The molecule has 0 fully saturated rings. The Morgan fingerprint density at radius 3 is 3.00 bits per heavy atom. The average Bonchev–Trinajstić information content (AvgIpc) is 2.97. The monoisotopic (exact) mass is 265 g/mol. The number of esters is 1. The van der Waals surface area contributed by atoms with Gasteiger partial charge in [-0.15, -0.1) is 11.3 Å². The van der Waals surface area contributed by atoms with Crippen molar-refractivity contribution in [2.75, 3.05) is 7.11 Å². The highest BCUT2D eigenvalue weighted by Gasteiger charge is 2.08. The van der Waals surface area contributed by atoms with E-state index in [1.54, 1.807) is 11.3 Å². The van der Waals surface area contributed by atoms with Crippen LogP contribution >= 0.6 is 11.3 Å². The highest BCUT2D eigenvalue weighted by Crippen LogP contribution is 2.24. The molecule has 0 spiro atoms. The van der Waals surface area contributed by atoms with Gasteiger partial charge in [-0.05, 0) is 31.9 Å². The molecule has 0 N–H and O–H groups in total. The number of hydrogen-bond acceptors (Lipinski definition) is 5. The van der Waals surface area contributed by atoms with E-state index in [2.05, 4.69) is 9.72 Å². The lowest BCUT2D eigenvalue weighted by Gasteiger charge is -1.96. The number of thiazole rings is 1. The largest absolute Gasteiger partial charge is 0.469 e. The molecule has 0 saturated carbocycles. The van der Waals surface area contributed by atoms with Crippen LogP contribution in [-0.2, 0) is 16.0 Å². The van der Waals surface area contributed by atoms with E-state index in [0.29, 0.717) is 6.42 Å². The number of carbonyl (C=O) groups excluding carboxylic acids is 1. The summed E-state index contributed by atoms with van der Waals surface area (Å²) in [5, 5.41) is 2.99. The molecule has 18 heavy (non-hydrogen) atoms. The van der Waals surface area contributed by atoms with Crippen molar-refractivity contribution in [3.05, 3.63) is 28.3 Å². The minimum absolute atomic E-state index is 0.173. The molecule has 0 unspecified atom stereocenters. The van der Waals surface area contributed by atoms with Crippen molar-refractivity contribution in [1.82, 2.24) is 4.98 Å². The van der Waals surface area contributed by atoms with Gasteiger partial charge in [-0.2, -0.15) is 0 Å². The summed E-state index contributed by atoms with van der Waals surface area (Å²) >= 11 is 1.59. The van der Waals surface area contributed by atoms with Crippen LogP contribution in [0.25, 0.3) is 11.5 Å². The van der Waals surface area contributed by atoms with Gasteiger partial charge in [-0.3, -0.25) is 4.79 Å². The lowest BCUT2D eigenvalue weighted by atomic mass is 10.2. The second kappa shape index (κ2) is 5.82. The Morgan fingerprint density at radius 2 is 2.33 bits per heavy atom. The summed E-state index contributed by atoms with van der Waals surface area (Å²) in [6, 6.07) is 3.84. The van der Waals surface area contributed by atoms with Gasteiger partial charge in [0.15, 0.2) is 5.76 Å². The van der Waals surface area contributed by atoms with Gasteiger partial charge in [0.2, 0.25) is 0 Å². The molecule has 4 nitrogen and oxygen atoms in total. The minimum atomic E-state index is -0.173. The third-order valence-electron chi connectivity index (χ3n) is 2.54. The Hall–Kier alpha value is -1.62. The van der Waals surface area contributed by atoms with Gasteiger partial charge in [0.1, 0.15) is 11.5 Å². The quantitative estimate of drug-likeness (QED) is 0.779. The fourth-order valence-electron chi connectivity index (χ4n) is 1.60. The summed E-state index contributed by atoms with van der Waals surface area (Å²) in [6.07, 6.45) is 1.99. The number of methoxy groups -OCH3 is 1. The van der Waals surface area contributed by atoms with Gasteiger partial charge in [-0.25, -0.2) is 4.98 Å². The van der Waals surface area contributed by atoms with Crippen LogP contribution in [0.4, 0.5) is 0 Å². The Bertz CT molecular complexity index is 530. The lowest BCUT2D eigenvalue weighted by Crippen LogP contribution is -2.00. The smallest absolute Gasteiger partial charge is 0.305 e. The number of aryl methyl sites for hydroxylation is 2. The first kappa shape index (κ1) is 12.8. The van der Waals surface area contributed by atoms with E-state index in [4.69, 9.17) is 4.42 Å². The Balaban J connectivity index is 1.92. The summed E-state index contributed by atoms with van der Waals surface area (Å²) in [5.74, 6) is 1.50. The van der Waals surface area contributed by atoms with Crippen LogP contribution in [0.5, 0.6) is 0 Å². The molecule has 0 aliphatic carbocycles. The minimum Gasteiger partial charge on any atom is -0.469 e. The van der Waals surface area contributed by atoms with E-state index in [1.165, 1.54) is 7.11 Å². The van der Waals surface area contributed by atoms with Crippen molar-refractivity contribution >= 4 is 17.3 Å². The molecule has 5 heteroatoms. The van der Waals surface area contributed by atoms with Gasteiger partial charge in [-0.1, -0.05) is 0 Å². The van der Waals surface area contributed by atoms with Crippen LogP contribution in [-0.4, -0.2) is 18.1 Å². The molecular formula is C13H15NO3S. The summed E-state index contributed by atoms with van der Waals surface area (Å²) in [6.45, 7) is 1.91. The number of furan rings is 1. The zero-order chi connectivity index (χ0) is 13.0. The van der Waals surface area contributed by atoms with Gasteiger partial charge in [0, 0.05) is 11.8 Å². The van der Waals surface area contributed by atoms with E-state index in [0.717, 1.165) is 35.1 Å². The molecule has 0 saturated heterocycles.